The van der Waals surface area contributed by atoms with E-state index in [2.05, 4.69) is 37.0 Å². The first-order valence-electron chi connectivity index (χ1n) is 9.15. The van der Waals surface area contributed by atoms with E-state index in [0.717, 1.165) is 15.9 Å². The van der Waals surface area contributed by atoms with Crippen LogP contribution in [0.25, 0.3) is 10.2 Å². The van der Waals surface area contributed by atoms with Gasteiger partial charge in [0, 0.05) is 11.8 Å². The quantitative estimate of drug-likeness (QED) is 0.484. The highest BCUT2D eigenvalue weighted by Gasteiger charge is 2.22. The van der Waals surface area contributed by atoms with Crippen LogP contribution < -0.4 is 4.90 Å². The molecule has 1 amide bonds. The van der Waals surface area contributed by atoms with Crippen LogP contribution in [-0.2, 0) is 6.54 Å². The molecule has 4 aromatic rings. The van der Waals surface area contributed by atoms with Crippen molar-refractivity contribution in [2.45, 2.75) is 20.4 Å². The number of benzene rings is 2. The summed E-state index contributed by atoms with van der Waals surface area (Å²) in [6.07, 6.45) is 1.71. The van der Waals surface area contributed by atoms with Crippen molar-refractivity contribution in [2.24, 2.45) is 0 Å². The van der Waals surface area contributed by atoms with Gasteiger partial charge in [0.15, 0.2) is 5.13 Å². The summed E-state index contributed by atoms with van der Waals surface area (Å²) in [5.41, 5.74) is 5.05. The summed E-state index contributed by atoms with van der Waals surface area (Å²) in [5.74, 6) is -0.173. The number of carbonyl (C=O) groups is 1. The van der Waals surface area contributed by atoms with Crippen LogP contribution in [0.5, 0.6) is 0 Å². The predicted molar refractivity (Wildman–Crippen MR) is 115 cm³/mol. The molecular formula is C23H18N4OS. The van der Waals surface area contributed by atoms with Gasteiger partial charge in [-0.05, 0) is 73.5 Å². The van der Waals surface area contributed by atoms with Crippen LogP contribution in [0.1, 0.15) is 32.7 Å². The van der Waals surface area contributed by atoms with E-state index >= 15 is 0 Å². The molecule has 29 heavy (non-hydrogen) atoms. The smallest absolute Gasteiger partial charge is 0.260 e. The summed E-state index contributed by atoms with van der Waals surface area (Å²) in [6, 6.07) is 18.5. The van der Waals surface area contributed by atoms with E-state index in [0.29, 0.717) is 22.8 Å². The van der Waals surface area contributed by atoms with E-state index in [4.69, 9.17) is 10.2 Å². The largest absolute Gasteiger partial charge is 0.278 e. The van der Waals surface area contributed by atoms with Crippen molar-refractivity contribution in [3.05, 3.63) is 88.7 Å². The molecule has 0 spiro atoms. The number of nitrogens with zero attached hydrogens (tertiary/aromatic N) is 4. The molecule has 0 aliphatic heterocycles. The van der Waals surface area contributed by atoms with Gasteiger partial charge in [0.25, 0.3) is 5.91 Å². The lowest BCUT2D eigenvalue weighted by molar-refractivity contribution is 0.0985. The van der Waals surface area contributed by atoms with Crippen LogP contribution in [0, 0.1) is 25.2 Å². The summed E-state index contributed by atoms with van der Waals surface area (Å²) in [6.45, 7) is 4.44. The molecule has 0 aliphatic carbocycles. The molecule has 0 bridgehead atoms. The number of fused-ring (bicyclic) bond motifs is 1. The number of hydrogen-bond acceptors (Lipinski definition) is 5. The van der Waals surface area contributed by atoms with Gasteiger partial charge in [-0.15, -0.1) is 0 Å². The van der Waals surface area contributed by atoms with Gasteiger partial charge < -0.3 is 0 Å². The van der Waals surface area contributed by atoms with Gasteiger partial charge in [-0.1, -0.05) is 17.4 Å². The van der Waals surface area contributed by atoms with Crippen LogP contribution in [0.2, 0.25) is 0 Å². The Morgan fingerprint density at radius 2 is 1.86 bits per heavy atom. The van der Waals surface area contributed by atoms with Crippen molar-refractivity contribution in [1.82, 2.24) is 9.97 Å². The Bertz CT molecular complexity index is 1180. The zero-order valence-electron chi connectivity index (χ0n) is 16.1. The molecule has 0 N–H and O–H groups in total. The Labute approximate surface area is 172 Å². The molecule has 0 radical (unpaired) electrons. The Kier molecular flexibility index (Phi) is 5.07. The van der Waals surface area contributed by atoms with Crippen molar-refractivity contribution >= 4 is 32.6 Å². The maximum absolute atomic E-state index is 13.3. The molecule has 2 heterocycles. The maximum Gasteiger partial charge on any atom is 0.260 e. The minimum absolute atomic E-state index is 0.173. The third-order valence-electron chi connectivity index (χ3n) is 4.78. The Hall–Kier alpha value is -3.56. The van der Waals surface area contributed by atoms with E-state index in [1.807, 2.05) is 18.2 Å². The molecule has 0 saturated carbocycles. The van der Waals surface area contributed by atoms with Crippen molar-refractivity contribution in [3.8, 4) is 6.07 Å². The number of carbonyl (C=O) groups excluding carboxylic acids is 1. The molecular weight excluding hydrogens is 380 g/mol. The monoisotopic (exact) mass is 398 g/mol. The van der Waals surface area contributed by atoms with Gasteiger partial charge >= 0.3 is 0 Å². The number of amides is 1. The minimum atomic E-state index is -0.173. The van der Waals surface area contributed by atoms with Crippen LogP contribution in [0.3, 0.4) is 0 Å². The average molecular weight is 398 g/mol. The van der Waals surface area contributed by atoms with E-state index in [1.54, 1.807) is 35.4 Å². The maximum atomic E-state index is 13.3. The van der Waals surface area contributed by atoms with Crippen LogP contribution in [0.15, 0.2) is 60.8 Å². The number of hydrogen-bond donors (Lipinski definition) is 0. The predicted octanol–water partition coefficient (Wildman–Crippen LogP) is 5.03. The van der Waals surface area contributed by atoms with E-state index in [9.17, 15) is 4.79 Å². The summed E-state index contributed by atoms with van der Waals surface area (Å²) < 4.78 is 1.04. The highest BCUT2D eigenvalue weighted by molar-refractivity contribution is 7.22. The highest BCUT2D eigenvalue weighted by atomic mass is 32.1. The number of rotatable bonds is 4. The summed E-state index contributed by atoms with van der Waals surface area (Å²) in [7, 11) is 0. The Balaban J connectivity index is 1.77. The lowest BCUT2D eigenvalue weighted by Crippen LogP contribution is -2.30. The second-order valence-electron chi connectivity index (χ2n) is 6.80. The van der Waals surface area contributed by atoms with E-state index < -0.39 is 0 Å². The van der Waals surface area contributed by atoms with Crippen molar-refractivity contribution < 1.29 is 4.79 Å². The molecule has 5 nitrogen and oxygen atoms in total. The Morgan fingerprint density at radius 1 is 1.10 bits per heavy atom. The second-order valence-corrected chi connectivity index (χ2v) is 7.81. The molecule has 0 aliphatic rings. The van der Waals surface area contributed by atoms with E-state index in [1.165, 1.54) is 22.5 Å². The SMILES string of the molecule is Cc1cc2nc(N(Cc3ccccn3)C(=O)c3ccc(C#N)cc3)sc2cc1C. The van der Waals surface area contributed by atoms with Gasteiger partial charge in [-0.25, -0.2) is 4.98 Å². The molecule has 0 atom stereocenters. The first-order valence-corrected chi connectivity index (χ1v) is 9.96. The zero-order chi connectivity index (χ0) is 20.4. The van der Waals surface area contributed by atoms with Crippen LogP contribution in [-0.4, -0.2) is 15.9 Å². The minimum Gasteiger partial charge on any atom is -0.278 e. The number of nitriles is 1. The Morgan fingerprint density at radius 3 is 2.55 bits per heavy atom. The van der Waals surface area contributed by atoms with E-state index in [-0.39, 0.29) is 5.91 Å². The van der Waals surface area contributed by atoms with Gasteiger partial charge in [-0.2, -0.15) is 5.26 Å². The molecule has 0 unspecified atom stereocenters. The van der Waals surface area contributed by atoms with Gasteiger partial charge in [0.05, 0.1) is 34.1 Å². The zero-order valence-corrected chi connectivity index (χ0v) is 16.9. The normalized spacial score (nSPS) is 10.7. The lowest BCUT2D eigenvalue weighted by Gasteiger charge is -2.19. The molecule has 2 aromatic heterocycles. The summed E-state index contributed by atoms with van der Waals surface area (Å²) in [5, 5.41) is 9.64. The fraction of sp³-hybridized carbons (Fsp3) is 0.130. The van der Waals surface area contributed by atoms with Gasteiger partial charge in [0.2, 0.25) is 0 Å². The summed E-state index contributed by atoms with van der Waals surface area (Å²) >= 11 is 1.49. The average Bonchev–Trinajstić information content (AvgIpc) is 3.15. The lowest BCUT2D eigenvalue weighted by atomic mass is 10.1. The molecule has 0 fully saturated rings. The molecule has 142 valence electrons. The molecule has 0 saturated heterocycles. The summed E-state index contributed by atoms with van der Waals surface area (Å²) in [4.78, 5) is 24.1. The van der Waals surface area contributed by atoms with Crippen LogP contribution >= 0.6 is 11.3 Å². The fourth-order valence-corrected chi connectivity index (χ4v) is 4.05. The number of anilines is 1. The molecule has 4 rings (SSSR count). The third-order valence-corrected chi connectivity index (χ3v) is 5.82. The standard InChI is InChI=1S/C23H18N4OS/c1-15-11-20-21(12-16(15)2)29-23(26-20)27(14-19-5-3-4-10-25-19)22(28)18-8-6-17(13-24)7-9-18/h3-12H,14H2,1-2H3. The molecule has 2 aromatic carbocycles. The second kappa shape index (κ2) is 7.82. The van der Waals surface area contributed by atoms with Crippen molar-refractivity contribution in [1.29, 1.82) is 5.26 Å². The first kappa shape index (κ1) is 18.8. The number of pyridine rings is 1. The number of thiazole rings is 1. The fourth-order valence-electron chi connectivity index (χ4n) is 3.01. The first-order chi connectivity index (χ1) is 14.0. The van der Waals surface area contributed by atoms with Crippen molar-refractivity contribution in [3.63, 3.8) is 0 Å². The number of aromatic nitrogens is 2. The van der Waals surface area contributed by atoms with Crippen molar-refractivity contribution in [2.75, 3.05) is 4.90 Å². The molecule has 6 heteroatoms. The third kappa shape index (κ3) is 3.86. The highest BCUT2D eigenvalue weighted by Crippen LogP contribution is 2.32. The van der Waals surface area contributed by atoms with Gasteiger partial charge in [-0.3, -0.25) is 14.7 Å². The topological polar surface area (TPSA) is 69.9 Å². The van der Waals surface area contributed by atoms with Gasteiger partial charge in [0.1, 0.15) is 0 Å². The number of aryl methyl sites for hydroxylation is 2. The van der Waals surface area contributed by atoms with Crippen LogP contribution in [0.4, 0.5) is 5.13 Å².